The monoisotopic (exact) mass is 291 g/mol. The Hall–Kier alpha value is -1.85. The number of hydrogen-bond donors (Lipinski definition) is 3. The summed E-state index contributed by atoms with van der Waals surface area (Å²) in [5, 5.41) is 9.50. The van der Waals surface area contributed by atoms with Gasteiger partial charge in [-0.3, -0.25) is 4.79 Å². The molecule has 21 heavy (non-hydrogen) atoms. The molecule has 0 aromatic carbocycles. The van der Waals surface area contributed by atoms with E-state index in [-0.39, 0.29) is 5.91 Å². The van der Waals surface area contributed by atoms with Crippen molar-refractivity contribution in [2.24, 2.45) is 0 Å². The second-order valence-corrected chi connectivity index (χ2v) is 5.48. The Morgan fingerprint density at radius 1 is 1.24 bits per heavy atom. The number of aromatic nitrogens is 2. The van der Waals surface area contributed by atoms with Gasteiger partial charge in [-0.1, -0.05) is 6.92 Å². The third kappa shape index (κ3) is 5.97. The highest BCUT2D eigenvalue weighted by Gasteiger charge is 2.22. The molecule has 0 aliphatic heterocycles. The van der Waals surface area contributed by atoms with Crippen LogP contribution in [0.2, 0.25) is 0 Å². The van der Waals surface area contributed by atoms with Crippen LogP contribution in [0.15, 0.2) is 6.07 Å². The smallest absolute Gasteiger partial charge is 0.220 e. The Morgan fingerprint density at radius 2 is 1.90 bits per heavy atom. The molecular formula is C15H25N5O. The van der Waals surface area contributed by atoms with Crippen LogP contribution in [0, 0.1) is 6.92 Å². The van der Waals surface area contributed by atoms with E-state index in [1.807, 2.05) is 13.0 Å². The molecule has 1 aliphatic rings. The van der Waals surface area contributed by atoms with E-state index in [0.29, 0.717) is 12.5 Å². The predicted octanol–water partition coefficient (Wildman–Crippen LogP) is 2.08. The topological polar surface area (TPSA) is 78.9 Å². The third-order valence-electron chi connectivity index (χ3n) is 3.22. The molecule has 0 spiro atoms. The van der Waals surface area contributed by atoms with E-state index in [4.69, 9.17) is 0 Å². The van der Waals surface area contributed by atoms with Crippen LogP contribution in [-0.4, -0.2) is 35.0 Å². The first-order valence-corrected chi connectivity index (χ1v) is 7.80. The van der Waals surface area contributed by atoms with Crippen molar-refractivity contribution >= 4 is 17.5 Å². The van der Waals surface area contributed by atoms with Gasteiger partial charge in [0, 0.05) is 31.6 Å². The number of aryl methyl sites for hydroxylation is 1. The van der Waals surface area contributed by atoms with Gasteiger partial charge in [0.25, 0.3) is 0 Å². The average Bonchev–Trinajstić information content (AvgIpc) is 3.25. The summed E-state index contributed by atoms with van der Waals surface area (Å²) in [4.78, 5) is 20.3. The fourth-order valence-corrected chi connectivity index (χ4v) is 1.99. The number of anilines is 2. The van der Waals surface area contributed by atoms with Crippen molar-refractivity contribution in [1.29, 1.82) is 0 Å². The van der Waals surface area contributed by atoms with Crippen LogP contribution in [0.5, 0.6) is 0 Å². The van der Waals surface area contributed by atoms with Crippen molar-refractivity contribution in [3.63, 3.8) is 0 Å². The molecule has 116 valence electrons. The maximum Gasteiger partial charge on any atom is 0.220 e. The summed E-state index contributed by atoms with van der Waals surface area (Å²) in [6, 6.07) is 2.36. The molecule has 0 saturated heterocycles. The van der Waals surface area contributed by atoms with E-state index in [2.05, 4.69) is 32.8 Å². The van der Waals surface area contributed by atoms with Crippen LogP contribution < -0.4 is 16.0 Å². The van der Waals surface area contributed by atoms with Crippen molar-refractivity contribution in [2.45, 2.75) is 52.0 Å². The molecule has 0 radical (unpaired) electrons. The normalized spacial score (nSPS) is 13.8. The van der Waals surface area contributed by atoms with Crippen LogP contribution in [-0.2, 0) is 4.79 Å². The van der Waals surface area contributed by atoms with Gasteiger partial charge in [0.2, 0.25) is 5.91 Å². The summed E-state index contributed by atoms with van der Waals surface area (Å²) >= 11 is 0. The minimum Gasteiger partial charge on any atom is -0.370 e. The molecule has 1 fully saturated rings. The van der Waals surface area contributed by atoms with Crippen LogP contribution in [0.25, 0.3) is 0 Å². The van der Waals surface area contributed by atoms with E-state index >= 15 is 0 Å². The Labute approximate surface area is 126 Å². The second-order valence-electron chi connectivity index (χ2n) is 5.48. The Balaban J connectivity index is 1.71. The number of hydrogen-bond acceptors (Lipinski definition) is 5. The van der Waals surface area contributed by atoms with E-state index in [1.165, 1.54) is 0 Å². The number of amides is 1. The van der Waals surface area contributed by atoms with E-state index in [0.717, 1.165) is 56.2 Å². The van der Waals surface area contributed by atoms with Gasteiger partial charge in [0.15, 0.2) is 0 Å². The summed E-state index contributed by atoms with van der Waals surface area (Å²) in [6.45, 7) is 5.64. The van der Waals surface area contributed by atoms with Gasteiger partial charge in [-0.25, -0.2) is 9.97 Å². The molecule has 6 heteroatoms. The first kappa shape index (κ1) is 15.5. The van der Waals surface area contributed by atoms with Crippen LogP contribution in [0.4, 0.5) is 11.6 Å². The highest BCUT2D eigenvalue weighted by Crippen LogP contribution is 2.18. The first-order valence-electron chi connectivity index (χ1n) is 7.80. The van der Waals surface area contributed by atoms with E-state index in [9.17, 15) is 4.79 Å². The van der Waals surface area contributed by atoms with Gasteiger partial charge in [-0.15, -0.1) is 0 Å². The van der Waals surface area contributed by atoms with Gasteiger partial charge in [0.05, 0.1) is 0 Å². The Morgan fingerprint density at radius 3 is 2.52 bits per heavy atom. The Kier molecular flexibility index (Phi) is 5.78. The molecule has 6 nitrogen and oxygen atoms in total. The number of carbonyl (C=O) groups is 1. The SMILES string of the molecule is CCCNc1cc(NCCCC(=O)NC2CC2)nc(C)n1. The van der Waals surface area contributed by atoms with Gasteiger partial charge in [0.1, 0.15) is 17.5 Å². The fourth-order valence-electron chi connectivity index (χ4n) is 1.99. The lowest BCUT2D eigenvalue weighted by Crippen LogP contribution is -2.25. The lowest BCUT2D eigenvalue weighted by Gasteiger charge is -2.09. The molecule has 1 heterocycles. The standard InChI is InChI=1S/C15H25N5O/c1-3-8-16-13-10-14(19-11(2)18-13)17-9-4-5-15(21)20-12-6-7-12/h10,12H,3-9H2,1-2H3,(H,20,21)(H2,16,17,18,19). The number of rotatable bonds is 9. The quantitative estimate of drug-likeness (QED) is 0.607. The molecule has 0 unspecified atom stereocenters. The Bertz CT molecular complexity index is 473. The molecular weight excluding hydrogens is 266 g/mol. The molecule has 1 aromatic heterocycles. The average molecular weight is 291 g/mol. The maximum atomic E-state index is 11.6. The second kappa shape index (κ2) is 7.81. The summed E-state index contributed by atoms with van der Waals surface area (Å²) in [7, 11) is 0. The summed E-state index contributed by atoms with van der Waals surface area (Å²) in [6.07, 6.45) is 4.70. The molecule has 2 rings (SSSR count). The largest absolute Gasteiger partial charge is 0.370 e. The highest BCUT2D eigenvalue weighted by atomic mass is 16.1. The molecule has 0 bridgehead atoms. The zero-order valence-electron chi connectivity index (χ0n) is 12.9. The van der Waals surface area contributed by atoms with Gasteiger partial charge < -0.3 is 16.0 Å². The number of nitrogens with one attached hydrogen (secondary N) is 3. The van der Waals surface area contributed by atoms with Crippen LogP contribution in [0.3, 0.4) is 0 Å². The first-order chi connectivity index (χ1) is 10.2. The number of carbonyl (C=O) groups excluding carboxylic acids is 1. The molecule has 1 saturated carbocycles. The van der Waals surface area contributed by atoms with Crippen LogP contribution >= 0.6 is 0 Å². The highest BCUT2D eigenvalue weighted by molar-refractivity contribution is 5.76. The van der Waals surface area contributed by atoms with Crippen molar-refractivity contribution < 1.29 is 4.79 Å². The summed E-state index contributed by atoms with van der Waals surface area (Å²) in [5.74, 6) is 2.55. The molecule has 0 atom stereocenters. The van der Waals surface area contributed by atoms with E-state index in [1.54, 1.807) is 0 Å². The molecule has 3 N–H and O–H groups in total. The zero-order chi connectivity index (χ0) is 15.1. The molecule has 1 amide bonds. The number of nitrogens with zero attached hydrogens (tertiary/aromatic N) is 2. The van der Waals surface area contributed by atoms with Gasteiger partial charge >= 0.3 is 0 Å². The lowest BCUT2D eigenvalue weighted by atomic mass is 10.3. The third-order valence-corrected chi connectivity index (χ3v) is 3.22. The maximum absolute atomic E-state index is 11.6. The van der Waals surface area contributed by atoms with E-state index < -0.39 is 0 Å². The molecule has 1 aromatic rings. The minimum atomic E-state index is 0.156. The van der Waals surface area contributed by atoms with Crippen molar-refractivity contribution in [2.75, 3.05) is 23.7 Å². The fraction of sp³-hybridized carbons (Fsp3) is 0.667. The van der Waals surface area contributed by atoms with Gasteiger partial charge in [-0.2, -0.15) is 0 Å². The predicted molar refractivity (Wildman–Crippen MR) is 84.4 cm³/mol. The van der Waals surface area contributed by atoms with Crippen molar-refractivity contribution in [1.82, 2.24) is 15.3 Å². The van der Waals surface area contributed by atoms with Crippen molar-refractivity contribution in [3.8, 4) is 0 Å². The van der Waals surface area contributed by atoms with Crippen LogP contribution in [0.1, 0.15) is 44.9 Å². The van der Waals surface area contributed by atoms with Gasteiger partial charge in [-0.05, 0) is 32.6 Å². The summed E-state index contributed by atoms with van der Waals surface area (Å²) < 4.78 is 0. The van der Waals surface area contributed by atoms with Crippen molar-refractivity contribution in [3.05, 3.63) is 11.9 Å². The lowest BCUT2D eigenvalue weighted by molar-refractivity contribution is -0.121. The molecule has 1 aliphatic carbocycles. The summed E-state index contributed by atoms with van der Waals surface area (Å²) in [5.41, 5.74) is 0. The minimum absolute atomic E-state index is 0.156. The zero-order valence-corrected chi connectivity index (χ0v) is 12.9.